The zero-order chi connectivity index (χ0) is 65.0. The lowest BCUT2D eigenvalue weighted by Gasteiger charge is -2.25. The van der Waals surface area contributed by atoms with Crippen molar-refractivity contribution in [3.8, 4) is 11.4 Å². The molecule has 0 aliphatic heterocycles. The van der Waals surface area contributed by atoms with E-state index in [0.29, 0.717) is 16.9 Å². The summed E-state index contributed by atoms with van der Waals surface area (Å²) in [6, 6.07) is 39.7. The van der Waals surface area contributed by atoms with E-state index in [9.17, 15) is 35.4 Å². The molecule has 3 fully saturated rings. The summed E-state index contributed by atoms with van der Waals surface area (Å²) in [4.78, 5) is 24.4. The molecule has 0 bridgehead atoms. The number of ether oxygens (including phenoxy) is 1. The van der Waals surface area contributed by atoms with Crippen LogP contribution < -0.4 is 20.7 Å². The molecule has 6 aromatic rings. The Morgan fingerprint density at radius 2 is 1.08 bits per heavy atom. The molecule has 1 heterocycles. The fourth-order valence-electron chi connectivity index (χ4n) is 8.88. The van der Waals surface area contributed by atoms with Crippen molar-refractivity contribution in [2.24, 2.45) is 5.92 Å². The van der Waals surface area contributed by atoms with Gasteiger partial charge in [-0.2, -0.15) is 18.3 Å². The normalized spacial score (nSPS) is 15.3. The van der Waals surface area contributed by atoms with Crippen LogP contribution in [0.2, 0.25) is 0 Å². The van der Waals surface area contributed by atoms with Crippen molar-refractivity contribution < 1.29 is 40.1 Å². The van der Waals surface area contributed by atoms with Gasteiger partial charge in [-0.25, -0.2) is 17.9 Å². The summed E-state index contributed by atoms with van der Waals surface area (Å²) in [5.74, 6) is 4.01. The monoisotopic (exact) mass is 1240 g/mol. The predicted octanol–water partition coefficient (Wildman–Crippen LogP) is 17.2. The third kappa shape index (κ3) is 23.9. The van der Waals surface area contributed by atoms with E-state index >= 15 is 0 Å². The summed E-state index contributed by atoms with van der Waals surface area (Å²) >= 11 is 0. The van der Waals surface area contributed by atoms with Gasteiger partial charge in [0.05, 0.1) is 25.0 Å². The summed E-state index contributed by atoms with van der Waals surface area (Å²) in [5, 5.41) is 13.3. The van der Waals surface area contributed by atoms with Crippen LogP contribution in [-0.4, -0.2) is 70.5 Å². The number of carbonyl (C=O) groups excluding carboxylic acids is 2. The topological polar surface area (TPSA) is 148 Å². The number of anilines is 2. The Balaban J connectivity index is 0.000000199. The summed E-state index contributed by atoms with van der Waals surface area (Å²) in [7, 11) is -4.10. The highest BCUT2D eigenvalue weighted by atomic mass is 32.2. The molecule has 16 heteroatoms. The third-order valence-electron chi connectivity index (χ3n) is 15.2. The minimum absolute atomic E-state index is 0.0479. The van der Waals surface area contributed by atoms with E-state index < -0.39 is 37.7 Å². The predicted molar refractivity (Wildman–Crippen MR) is 355 cm³/mol. The number of aromatic nitrogens is 2. The molecular weight excluding hydrogens is 1140 g/mol. The van der Waals surface area contributed by atoms with E-state index in [-0.39, 0.29) is 50.7 Å². The van der Waals surface area contributed by atoms with E-state index in [2.05, 4.69) is 152 Å². The molecule has 3 N–H and O–H groups in total. The molecule has 11 nitrogen and oxygen atoms in total. The molecule has 0 saturated heterocycles. The van der Waals surface area contributed by atoms with Crippen LogP contribution in [0.1, 0.15) is 189 Å². The second kappa shape index (κ2) is 29.3. The number of methoxy groups -OCH3 is 1. The standard InChI is InChI=1S/C15H21NO.C14H19F3O2S.C14H18N2O.C14H20N2O.C14H20OS/c1-15(2,3)12-8-5-9-13(10-12)16-14(17)11-6-4-7-11;1-13(2,3)12-6-4-11(5-7-12)10-20(18,19)9-8-14(15,16)17;1-14(2,3)11-6-7-12(13(10-11)17-4)16-9-5-8-15-16;1-14(2,3)10-5-4-6-12(9-10)16-13(17)15-11-7-8-11;1-14(2,3)11-6-5-7-13(10-11)16(4,15)12-8-9-12/h5,8-11H,4,6-7H2,1-3H3,(H,16,17);4-7H,8-10H2,1-3H3;5-10H,1-4H3;4-6,9,11H,7-8H2,1-3H3,(H2,15,16,17);5-7,10,12H,4,8-9H2,1-3H3. The molecule has 87 heavy (non-hydrogen) atoms. The van der Waals surface area contributed by atoms with Crippen molar-refractivity contribution in [1.82, 2.24) is 15.1 Å². The maximum absolute atomic E-state index is 12.5. The highest BCUT2D eigenvalue weighted by Gasteiger charge is 2.33. The quantitative estimate of drug-likeness (QED) is 0.103. The number of nitrogens with zero attached hydrogens (tertiary/aromatic N) is 2. The zero-order valence-corrected chi connectivity index (χ0v) is 56.1. The third-order valence-corrected chi connectivity index (χ3v) is 19.4. The van der Waals surface area contributed by atoms with Crippen LogP contribution in [0.25, 0.3) is 5.69 Å². The molecule has 0 radical (unpaired) electrons. The molecule has 1 atom stereocenters. The Morgan fingerprint density at radius 3 is 1.52 bits per heavy atom. The Kier molecular flexibility index (Phi) is 24.0. The number of sulfone groups is 1. The maximum Gasteiger partial charge on any atom is 0.390 e. The SMILES string of the molecule is C=S(=O)(c1cccc(C(C)(C)C)c1)C1CC1.CC(C)(C)c1ccc(CS(=O)(=O)CCC(F)(F)F)cc1.CC(C)(C)c1cccc(NC(=O)C2CCC2)c1.CC(C)(C)c1cccc(NC(=O)NC2CC2)c1.COc1cc(C(C)(C)C)ccc1-n1cccn1. The largest absolute Gasteiger partial charge is 0.494 e. The van der Waals surface area contributed by atoms with Gasteiger partial charge in [0.1, 0.15) is 11.4 Å². The van der Waals surface area contributed by atoms with Crippen LogP contribution >= 0.6 is 0 Å². The van der Waals surface area contributed by atoms with Gasteiger partial charge < -0.3 is 20.7 Å². The second-order valence-electron chi connectivity index (χ2n) is 28.3. The molecular formula is C71H98F3N5O6S2. The van der Waals surface area contributed by atoms with Gasteiger partial charge in [-0.1, -0.05) is 177 Å². The van der Waals surface area contributed by atoms with Gasteiger partial charge in [-0.05, 0) is 169 Å². The molecule has 3 saturated carbocycles. The molecule has 9 rings (SSSR count). The van der Waals surface area contributed by atoms with Crippen LogP contribution in [0.15, 0.2) is 139 Å². The summed E-state index contributed by atoms with van der Waals surface area (Å²) < 4.78 is 79.2. The lowest BCUT2D eigenvalue weighted by molar-refractivity contribution is -0.130. The Labute approximate surface area is 519 Å². The smallest absolute Gasteiger partial charge is 0.390 e. The average Bonchev–Trinajstić information content (AvgIpc) is 1.94. The highest BCUT2D eigenvalue weighted by Crippen LogP contribution is 2.36. The molecule has 5 aromatic carbocycles. The van der Waals surface area contributed by atoms with Crippen LogP contribution in [-0.2, 0) is 57.0 Å². The van der Waals surface area contributed by atoms with Gasteiger partial charge in [-0.3, -0.25) is 9.00 Å². The summed E-state index contributed by atoms with van der Waals surface area (Å²) in [6.45, 7) is 32.2. The van der Waals surface area contributed by atoms with Gasteiger partial charge in [0.15, 0.2) is 9.84 Å². The van der Waals surface area contributed by atoms with Crippen molar-refractivity contribution in [2.45, 2.75) is 210 Å². The number of rotatable bonds is 12. The van der Waals surface area contributed by atoms with Crippen molar-refractivity contribution in [2.75, 3.05) is 23.5 Å². The minimum Gasteiger partial charge on any atom is -0.494 e. The average molecular weight is 1240 g/mol. The first-order valence-electron chi connectivity index (χ1n) is 30.3. The van der Waals surface area contributed by atoms with Crippen LogP contribution in [0.5, 0.6) is 5.75 Å². The van der Waals surface area contributed by atoms with Crippen molar-refractivity contribution >= 4 is 48.5 Å². The van der Waals surface area contributed by atoms with Crippen molar-refractivity contribution in [3.63, 3.8) is 0 Å². The van der Waals surface area contributed by atoms with Gasteiger partial charge in [0.25, 0.3) is 0 Å². The first kappa shape index (κ1) is 71.4. The van der Waals surface area contributed by atoms with Gasteiger partial charge in [0.2, 0.25) is 5.91 Å². The Bertz CT molecular complexity index is 3420. The van der Waals surface area contributed by atoms with E-state index in [1.807, 2.05) is 98.4 Å². The number of hydrogen-bond acceptors (Lipinski definition) is 7. The number of hydrogen-bond donors (Lipinski definition) is 3. The number of nitrogens with one attached hydrogen (secondary N) is 3. The number of benzene rings is 5. The summed E-state index contributed by atoms with van der Waals surface area (Å²) in [6.07, 6.45) is 5.58. The molecule has 3 aliphatic rings. The minimum atomic E-state index is -4.44. The van der Waals surface area contributed by atoms with E-state index in [1.165, 1.54) is 28.7 Å². The van der Waals surface area contributed by atoms with Crippen LogP contribution in [0, 0.1) is 5.92 Å². The zero-order valence-electron chi connectivity index (χ0n) is 54.5. The maximum atomic E-state index is 12.5. The number of halogens is 3. The number of carbonyl (C=O) groups is 2. The second-order valence-corrected chi connectivity index (χ2v) is 33.1. The number of alkyl halides is 3. The number of urea groups is 1. The fourth-order valence-corrected chi connectivity index (χ4v) is 12.2. The molecule has 1 unspecified atom stereocenters. The molecule has 1 aromatic heterocycles. The number of amides is 3. The van der Waals surface area contributed by atoms with E-state index in [1.54, 1.807) is 25.4 Å². The first-order chi connectivity index (χ1) is 40.1. The van der Waals surface area contributed by atoms with Gasteiger partial charge in [-0.15, -0.1) is 0 Å². The molecule has 0 spiro atoms. The van der Waals surface area contributed by atoms with Crippen LogP contribution in [0.4, 0.5) is 29.3 Å². The molecule has 3 amide bonds. The highest BCUT2D eigenvalue weighted by molar-refractivity contribution is 8.01. The molecule has 476 valence electrons. The van der Waals surface area contributed by atoms with Gasteiger partial charge >= 0.3 is 12.2 Å². The fraction of sp³-hybridized carbons (Fsp3) is 0.493. The Morgan fingerprint density at radius 1 is 0.598 bits per heavy atom. The summed E-state index contributed by atoms with van der Waals surface area (Å²) in [5.41, 5.74) is 9.68. The lowest BCUT2D eigenvalue weighted by atomic mass is 9.84. The van der Waals surface area contributed by atoms with Crippen molar-refractivity contribution in [1.29, 1.82) is 0 Å². The van der Waals surface area contributed by atoms with Crippen molar-refractivity contribution in [3.05, 3.63) is 167 Å². The van der Waals surface area contributed by atoms with E-state index in [0.717, 1.165) is 71.8 Å². The van der Waals surface area contributed by atoms with Crippen LogP contribution in [0.3, 0.4) is 0 Å². The van der Waals surface area contributed by atoms with E-state index in [4.69, 9.17) is 4.74 Å². The van der Waals surface area contributed by atoms with Gasteiger partial charge in [0, 0.05) is 45.9 Å². The lowest BCUT2D eigenvalue weighted by Crippen LogP contribution is -2.30. The molecule has 3 aliphatic carbocycles. The Hall–Kier alpha value is -6.39. The first-order valence-corrected chi connectivity index (χ1v) is 33.9.